The summed E-state index contributed by atoms with van der Waals surface area (Å²) in [5.74, 6) is -0.619. The Morgan fingerprint density at radius 3 is 2.29 bits per heavy atom. The summed E-state index contributed by atoms with van der Waals surface area (Å²) in [5, 5.41) is 8.47. The first-order valence-electron chi connectivity index (χ1n) is 9.13. The van der Waals surface area contributed by atoms with E-state index in [0.29, 0.717) is 22.6 Å². The highest BCUT2D eigenvalue weighted by atomic mass is 32.2. The Labute approximate surface area is 184 Å². The Morgan fingerprint density at radius 1 is 0.903 bits per heavy atom. The molecule has 1 heterocycles. The summed E-state index contributed by atoms with van der Waals surface area (Å²) in [7, 11) is -3.65. The topological polar surface area (TPSA) is 117 Å². The van der Waals surface area contributed by atoms with Gasteiger partial charge in [0, 0.05) is 23.9 Å². The van der Waals surface area contributed by atoms with Gasteiger partial charge < -0.3 is 5.32 Å². The minimum Gasteiger partial charge on any atom is -0.326 e. The average molecular weight is 457 g/mol. The molecule has 0 aliphatic carbocycles. The lowest BCUT2D eigenvalue weighted by Crippen LogP contribution is -2.19. The van der Waals surface area contributed by atoms with Crippen LogP contribution >= 0.6 is 11.3 Å². The summed E-state index contributed by atoms with van der Waals surface area (Å²) in [6, 6.07) is 16.3. The smallest absolute Gasteiger partial charge is 0.271 e. The number of hydrazone groups is 1. The van der Waals surface area contributed by atoms with Crippen LogP contribution in [0.5, 0.6) is 0 Å². The molecule has 0 unspecified atom stereocenters. The highest BCUT2D eigenvalue weighted by molar-refractivity contribution is 7.94. The second-order valence-electron chi connectivity index (χ2n) is 6.52. The first kappa shape index (κ1) is 22.2. The summed E-state index contributed by atoms with van der Waals surface area (Å²) in [4.78, 5) is 23.6. The molecule has 160 valence electrons. The van der Waals surface area contributed by atoms with Gasteiger partial charge in [0.15, 0.2) is 0 Å². The van der Waals surface area contributed by atoms with Crippen molar-refractivity contribution in [2.24, 2.45) is 5.10 Å². The van der Waals surface area contributed by atoms with Gasteiger partial charge in [0.1, 0.15) is 4.21 Å². The van der Waals surface area contributed by atoms with Gasteiger partial charge in [0.25, 0.3) is 15.9 Å². The lowest BCUT2D eigenvalue weighted by atomic mass is 10.1. The highest BCUT2D eigenvalue weighted by Crippen LogP contribution is 2.20. The van der Waals surface area contributed by atoms with Crippen molar-refractivity contribution < 1.29 is 18.0 Å². The predicted octanol–water partition coefficient (Wildman–Crippen LogP) is 3.66. The zero-order chi connectivity index (χ0) is 22.4. The maximum absolute atomic E-state index is 12.4. The molecule has 2 aromatic carbocycles. The van der Waals surface area contributed by atoms with Gasteiger partial charge in [-0.2, -0.15) is 5.10 Å². The number of amides is 2. The van der Waals surface area contributed by atoms with Crippen LogP contribution in [0.2, 0.25) is 0 Å². The quantitative estimate of drug-likeness (QED) is 0.371. The fourth-order valence-electron chi connectivity index (χ4n) is 2.60. The second-order valence-corrected chi connectivity index (χ2v) is 9.37. The first-order chi connectivity index (χ1) is 14.7. The van der Waals surface area contributed by atoms with Crippen LogP contribution in [-0.2, 0) is 14.8 Å². The molecule has 10 heteroatoms. The van der Waals surface area contributed by atoms with Crippen molar-refractivity contribution in [3.63, 3.8) is 0 Å². The number of carbonyl (C=O) groups is 2. The van der Waals surface area contributed by atoms with Crippen LogP contribution in [0.3, 0.4) is 0 Å². The Morgan fingerprint density at radius 2 is 1.65 bits per heavy atom. The van der Waals surface area contributed by atoms with E-state index in [-0.39, 0.29) is 10.1 Å². The minimum absolute atomic E-state index is 0.179. The van der Waals surface area contributed by atoms with Crippen LogP contribution in [0.4, 0.5) is 11.4 Å². The van der Waals surface area contributed by atoms with Crippen molar-refractivity contribution in [2.75, 3.05) is 10.0 Å². The number of rotatable bonds is 7. The molecular formula is C21H20N4O4S2. The summed E-state index contributed by atoms with van der Waals surface area (Å²) in [5.41, 5.74) is 5.07. The maximum atomic E-state index is 12.4. The maximum Gasteiger partial charge on any atom is 0.271 e. The van der Waals surface area contributed by atoms with E-state index in [2.05, 4.69) is 20.6 Å². The Bertz CT molecular complexity index is 1220. The molecule has 3 aromatic rings. The number of carbonyl (C=O) groups excluding carboxylic acids is 2. The number of anilines is 2. The van der Waals surface area contributed by atoms with Crippen molar-refractivity contribution >= 4 is 50.3 Å². The standard InChI is InChI=1S/C21H20N4O4S2/c1-14(17-5-3-6-19(13-17)22-15(2)26)23-24-21(27)16-8-10-18(11-9-16)25-31(28,29)20-7-4-12-30-20/h3-13,25H,1-2H3,(H,22,26)(H,24,27)/b23-14-. The van der Waals surface area contributed by atoms with Gasteiger partial charge in [-0.3, -0.25) is 14.3 Å². The summed E-state index contributed by atoms with van der Waals surface area (Å²) in [6.45, 7) is 3.15. The molecule has 0 fully saturated rings. The van der Waals surface area contributed by atoms with E-state index in [0.717, 1.165) is 16.9 Å². The Hall–Kier alpha value is -3.50. The molecule has 0 saturated heterocycles. The summed E-state index contributed by atoms with van der Waals surface area (Å²) < 4.78 is 27.2. The molecule has 8 nitrogen and oxygen atoms in total. The monoisotopic (exact) mass is 456 g/mol. The van der Waals surface area contributed by atoms with E-state index < -0.39 is 15.9 Å². The molecule has 0 spiro atoms. The van der Waals surface area contributed by atoms with E-state index in [9.17, 15) is 18.0 Å². The number of nitrogens with one attached hydrogen (secondary N) is 3. The van der Waals surface area contributed by atoms with Crippen LogP contribution in [-0.4, -0.2) is 25.9 Å². The summed E-state index contributed by atoms with van der Waals surface area (Å²) in [6.07, 6.45) is 0. The number of thiophene rings is 1. The SMILES string of the molecule is CC(=O)Nc1cccc(/C(C)=N\NC(=O)c2ccc(NS(=O)(=O)c3cccs3)cc2)c1. The van der Waals surface area contributed by atoms with Crippen molar-refractivity contribution in [1.29, 1.82) is 0 Å². The largest absolute Gasteiger partial charge is 0.326 e. The van der Waals surface area contributed by atoms with E-state index in [1.165, 1.54) is 37.3 Å². The van der Waals surface area contributed by atoms with E-state index >= 15 is 0 Å². The first-order valence-corrected chi connectivity index (χ1v) is 11.5. The van der Waals surface area contributed by atoms with Gasteiger partial charge in [-0.1, -0.05) is 18.2 Å². The van der Waals surface area contributed by atoms with Crippen LogP contribution in [0.25, 0.3) is 0 Å². The number of hydrogen-bond acceptors (Lipinski definition) is 6. The molecule has 0 saturated carbocycles. The van der Waals surface area contributed by atoms with Gasteiger partial charge in [-0.15, -0.1) is 11.3 Å². The molecule has 0 aliphatic heterocycles. The molecule has 3 N–H and O–H groups in total. The highest BCUT2D eigenvalue weighted by Gasteiger charge is 2.15. The molecule has 1 aromatic heterocycles. The zero-order valence-corrected chi connectivity index (χ0v) is 18.4. The number of hydrogen-bond donors (Lipinski definition) is 3. The fourth-order valence-corrected chi connectivity index (χ4v) is 4.65. The van der Waals surface area contributed by atoms with Crippen molar-refractivity contribution in [1.82, 2.24) is 5.43 Å². The third kappa shape index (κ3) is 6.00. The predicted molar refractivity (Wildman–Crippen MR) is 122 cm³/mol. The van der Waals surface area contributed by atoms with Gasteiger partial charge in [-0.25, -0.2) is 13.8 Å². The number of nitrogens with zero attached hydrogens (tertiary/aromatic N) is 1. The third-order valence-electron chi connectivity index (χ3n) is 4.09. The van der Waals surface area contributed by atoms with E-state index in [1.54, 1.807) is 36.6 Å². The molecule has 0 atom stereocenters. The molecule has 31 heavy (non-hydrogen) atoms. The van der Waals surface area contributed by atoms with Crippen LogP contribution in [0.15, 0.2) is 75.4 Å². The lowest BCUT2D eigenvalue weighted by Gasteiger charge is -2.08. The lowest BCUT2D eigenvalue weighted by molar-refractivity contribution is -0.114. The van der Waals surface area contributed by atoms with Crippen LogP contribution in [0.1, 0.15) is 29.8 Å². The number of benzene rings is 2. The fraction of sp³-hybridized carbons (Fsp3) is 0.0952. The van der Waals surface area contributed by atoms with Crippen molar-refractivity contribution in [3.05, 3.63) is 77.2 Å². The minimum atomic E-state index is -3.65. The normalized spacial score (nSPS) is 11.6. The molecular weight excluding hydrogens is 436 g/mol. The summed E-state index contributed by atoms with van der Waals surface area (Å²) >= 11 is 1.12. The Balaban J connectivity index is 1.65. The van der Waals surface area contributed by atoms with Gasteiger partial charge >= 0.3 is 0 Å². The zero-order valence-electron chi connectivity index (χ0n) is 16.7. The average Bonchev–Trinajstić information content (AvgIpc) is 3.28. The molecule has 0 aliphatic rings. The van der Waals surface area contributed by atoms with Gasteiger partial charge in [0.2, 0.25) is 5.91 Å². The molecule has 0 radical (unpaired) electrons. The van der Waals surface area contributed by atoms with Gasteiger partial charge in [0.05, 0.1) is 5.71 Å². The van der Waals surface area contributed by atoms with Crippen LogP contribution in [0, 0.1) is 0 Å². The third-order valence-corrected chi connectivity index (χ3v) is 6.86. The van der Waals surface area contributed by atoms with E-state index in [1.807, 2.05) is 6.07 Å². The Kier molecular flexibility index (Phi) is 6.83. The second kappa shape index (κ2) is 9.54. The van der Waals surface area contributed by atoms with E-state index in [4.69, 9.17) is 0 Å². The van der Waals surface area contributed by atoms with Crippen molar-refractivity contribution in [3.8, 4) is 0 Å². The number of sulfonamides is 1. The molecule has 0 bridgehead atoms. The van der Waals surface area contributed by atoms with Crippen molar-refractivity contribution in [2.45, 2.75) is 18.1 Å². The molecule has 2 amide bonds. The van der Waals surface area contributed by atoms with Crippen LogP contribution < -0.4 is 15.5 Å². The molecule has 3 rings (SSSR count). The van der Waals surface area contributed by atoms with Gasteiger partial charge in [-0.05, 0) is 60.3 Å².